The van der Waals surface area contributed by atoms with Gasteiger partial charge in [0.05, 0.1) is 29.5 Å². The summed E-state index contributed by atoms with van der Waals surface area (Å²) in [6.45, 7) is 4.33. The second-order valence-corrected chi connectivity index (χ2v) is 10.4. The van der Waals surface area contributed by atoms with Gasteiger partial charge in [0.25, 0.3) is 0 Å². The van der Waals surface area contributed by atoms with Gasteiger partial charge in [0.2, 0.25) is 0 Å². The highest BCUT2D eigenvalue weighted by atomic mass is 32.2. The number of nitrogens with one attached hydrogen (secondary N) is 1. The Hall–Kier alpha value is -3.22. The molecule has 1 aliphatic heterocycles. The molecular formula is C25H24FN7S. The first-order valence-corrected chi connectivity index (χ1v) is 12.3. The van der Waals surface area contributed by atoms with Crippen LogP contribution in [0.4, 0.5) is 4.39 Å². The van der Waals surface area contributed by atoms with Gasteiger partial charge in [-0.05, 0) is 69.3 Å². The molecule has 7 nitrogen and oxygen atoms in total. The molecule has 1 saturated carbocycles. The van der Waals surface area contributed by atoms with E-state index in [-0.39, 0.29) is 5.03 Å². The molecule has 1 N–H and O–H groups in total. The molecule has 0 amide bonds. The minimum Gasteiger partial charge on any atom is -0.317 e. The number of rotatable bonds is 4. The van der Waals surface area contributed by atoms with E-state index in [4.69, 9.17) is 5.10 Å². The summed E-state index contributed by atoms with van der Waals surface area (Å²) in [5, 5.41) is 22.5. The molecule has 0 atom stereocenters. The van der Waals surface area contributed by atoms with Crippen LogP contribution >= 0.6 is 11.8 Å². The average Bonchev–Trinajstić information content (AvgIpc) is 3.42. The summed E-state index contributed by atoms with van der Waals surface area (Å²) >= 11 is 1.20. The zero-order chi connectivity index (χ0) is 23.3. The second kappa shape index (κ2) is 8.22. The first-order valence-electron chi connectivity index (χ1n) is 11.5. The van der Waals surface area contributed by atoms with Gasteiger partial charge in [-0.15, -0.1) is 0 Å². The van der Waals surface area contributed by atoms with Gasteiger partial charge in [-0.1, -0.05) is 11.8 Å². The van der Waals surface area contributed by atoms with Gasteiger partial charge in [0.15, 0.2) is 5.82 Å². The van der Waals surface area contributed by atoms with E-state index in [0.29, 0.717) is 22.5 Å². The van der Waals surface area contributed by atoms with Crippen LogP contribution in [-0.2, 0) is 0 Å². The Morgan fingerprint density at radius 1 is 1.24 bits per heavy atom. The second-order valence-electron chi connectivity index (χ2n) is 9.35. The Morgan fingerprint density at radius 2 is 2.06 bits per heavy atom. The number of fused-ring (bicyclic) bond motifs is 1. The number of nitrogens with zero attached hydrogens (tertiary/aromatic N) is 6. The number of aromatic nitrogens is 5. The molecule has 0 aromatic carbocycles. The van der Waals surface area contributed by atoms with E-state index in [0.717, 1.165) is 34.8 Å². The van der Waals surface area contributed by atoms with Crippen LogP contribution < -0.4 is 5.32 Å². The third-order valence-electron chi connectivity index (χ3n) is 7.33. The molecule has 9 heteroatoms. The SMILES string of the molecule is Cc1c(-c2cc(Sc3ncccc3F)c3c(C#N)cnn3c2)cnn1C1CC2(CCNCC2)C1. The van der Waals surface area contributed by atoms with E-state index in [1.54, 1.807) is 23.0 Å². The summed E-state index contributed by atoms with van der Waals surface area (Å²) in [6.07, 6.45) is 11.8. The molecule has 4 aromatic rings. The molecule has 34 heavy (non-hydrogen) atoms. The molecule has 1 spiro atoms. The highest BCUT2D eigenvalue weighted by molar-refractivity contribution is 7.99. The van der Waals surface area contributed by atoms with Crippen molar-refractivity contribution >= 4 is 17.3 Å². The Bertz CT molecular complexity index is 1420. The van der Waals surface area contributed by atoms with Crippen LogP contribution in [0, 0.1) is 29.5 Å². The van der Waals surface area contributed by atoms with Crippen LogP contribution in [0.15, 0.2) is 52.9 Å². The summed E-state index contributed by atoms with van der Waals surface area (Å²) in [7, 11) is 0. The quantitative estimate of drug-likeness (QED) is 0.460. The maximum atomic E-state index is 14.4. The van der Waals surface area contributed by atoms with Crippen molar-refractivity contribution in [1.29, 1.82) is 5.26 Å². The molecular weight excluding hydrogens is 449 g/mol. The van der Waals surface area contributed by atoms with Gasteiger partial charge < -0.3 is 5.32 Å². The molecule has 6 rings (SSSR count). The van der Waals surface area contributed by atoms with Crippen LogP contribution in [0.2, 0.25) is 0 Å². The van der Waals surface area contributed by atoms with Gasteiger partial charge in [-0.25, -0.2) is 13.9 Å². The van der Waals surface area contributed by atoms with Crippen molar-refractivity contribution in [3.05, 3.63) is 60.1 Å². The van der Waals surface area contributed by atoms with Crippen molar-refractivity contribution < 1.29 is 4.39 Å². The molecule has 0 unspecified atom stereocenters. The fraction of sp³-hybridized carbons (Fsp3) is 0.360. The standard InChI is InChI=1S/C25H24FN7S/c1-16-20(14-31-33(16)19-10-25(11-19)4-7-28-8-5-25)17-9-22(34-24-21(26)3-2-6-29-24)23-18(12-27)13-30-32(23)15-17/h2-3,6,9,13-15,19,28H,4-5,7-8,10-11H2,1H3. The van der Waals surface area contributed by atoms with Crippen LogP contribution in [0.5, 0.6) is 0 Å². The van der Waals surface area contributed by atoms with Crippen LogP contribution in [0.3, 0.4) is 0 Å². The Balaban J connectivity index is 1.37. The lowest BCUT2D eigenvalue weighted by molar-refractivity contribution is 0.0221. The summed E-state index contributed by atoms with van der Waals surface area (Å²) in [5.74, 6) is -0.394. The predicted molar refractivity (Wildman–Crippen MR) is 127 cm³/mol. The number of pyridine rings is 2. The first-order chi connectivity index (χ1) is 16.6. The van der Waals surface area contributed by atoms with Crippen molar-refractivity contribution in [3.63, 3.8) is 0 Å². The number of piperidine rings is 1. The van der Waals surface area contributed by atoms with Gasteiger partial charge in [0, 0.05) is 34.1 Å². The molecule has 0 radical (unpaired) electrons. The minimum atomic E-state index is -0.394. The van der Waals surface area contributed by atoms with Crippen molar-refractivity contribution in [2.24, 2.45) is 5.41 Å². The number of nitriles is 1. The molecule has 2 fully saturated rings. The smallest absolute Gasteiger partial charge is 0.155 e. The van der Waals surface area contributed by atoms with Gasteiger partial charge >= 0.3 is 0 Å². The largest absolute Gasteiger partial charge is 0.317 e. The maximum absolute atomic E-state index is 14.4. The first kappa shape index (κ1) is 21.3. The van der Waals surface area contributed by atoms with Crippen molar-refractivity contribution in [2.45, 2.75) is 48.6 Å². The fourth-order valence-electron chi connectivity index (χ4n) is 5.49. The Labute approximate surface area is 201 Å². The lowest BCUT2D eigenvalue weighted by atomic mass is 9.60. The van der Waals surface area contributed by atoms with Crippen LogP contribution in [0.1, 0.15) is 43.0 Å². The zero-order valence-corrected chi connectivity index (χ0v) is 19.6. The summed E-state index contributed by atoms with van der Waals surface area (Å²) in [5.41, 5.74) is 4.63. The minimum absolute atomic E-state index is 0.265. The van der Waals surface area contributed by atoms with E-state index in [9.17, 15) is 9.65 Å². The molecule has 4 aromatic heterocycles. The normalized spacial score (nSPS) is 17.7. The third kappa shape index (κ3) is 3.49. The average molecular weight is 474 g/mol. The number of hydrogen-bond donors (Lipinski definition) is 1. The monoisotopic (exact) mass is 473 g/mol. The topological polar surface area (TPSA) is 83.8 Å². The van der Waals surface area contributed by atoms with Gasteiger partial charge in [0.1, 0.15) is 11.1 Å². The summed E-state index contributed by atoms with van der Waals surface area (Å²) in [6, 6.07) is 7.57. The summed E-state index contributed by atoms with van der Waals surface area (Å²) in [4.78, 5) is 4.91. The zero-order valence-electron chi connectivity index (χ0n) is 18.8. The third-order valence-corrected chi connectivity index (χ3v) is 8.36. The highest BCUT2D eigenvalue weighted by Gasteiger charge is 2.46. The van der Waals surface area contributed by atoms with E-state index in [1.807, 2.05) is 18.5 Å². The van der Waals surface area contributed by atoms with E-state index in [1.165, 1.54) is 43.5 Å². The van der Waals surface area contributed by atoms with Crippen molar-refractivity contribution in [3.8, 4) is 17.2 Å². The molecule has 1 saturated heterocycles. The lowest BCUT2D eigenvalue weighted by Crippen LogP contribution is -2.46. The lowest BCUT2D eigenvalue weighted by Gasteiger charge is -2.50. The molecule has 5 heterocycles. The van der Waals surface area contributed by atoms with Gasteiger partial charge in [-0.3, -0.25) is 4.68 Å². The van der Waals surface area contributed by atoms with Crippen molar-refractivity contribution in [2.75, 3.05) is 13.1 Å². The number of halogens is 1. The van der Waals surface area contributed by atoms with Gasteiger partial charge in [-0.2, -0.15) is 15.5 Å². The molecule has 172 valence electrons. The summed E-state index contributed by atoms with van der Waals surface area (Å²) < 4.78 is 18.2. The molecule has 0 bridgehead atoms. The van der Waals surface area contributed by atoms with Crippen LogP contribution in [-0.4, -0.2) is 37.5 Å². The Morgan fingerprint density at radius 3 is 2.82 bits per heavy atom. The molecule has 2 aliphatic rings. The molecule has 1 aliphatic carbocycles. The predicted octanol–water partition coefficient (Wildman–Crippen LogP) is 4.77. The van der Waals surface area contributed by atoms with E-state index < -0.39 is 5.82 Å². The fourth-order valence-corrected chi connectivity index (χ4v) is 6.47. The van der Waals surface area contributed by atoms with E-state index >= 15 is 0 Å². The van der Waals surface area contributed by atoms with E-state index in [2.05, 4.69) is 33.1 Å². The maximum Gasteiger partial charge on any atom is 0.155 e. The Kier molecular flexibility index (Phi) is 5.15. The number of hydrogen-bond acceptors (Lipinski definition) is 6. The highest BCUT2D eigenvalue weighted by Crippen LogP contribution is 2.54. The van der Waals surface area contributed by atoms with Crippen LogP contribution in [0.25, 0.3) is 16.6 Å². The van der Waals surface area contributed by atoms with Crippen molar-refractivity contribution in [1.82, 2.24) is 29.7 Å².